The van der Waals surface area contributed by atoms with Crippen LogP contribution in [0.3, 0.4) is 0 Å². The molecule has 94 valence electrons. The lowest BCUT2D eigenvalue weighted by atomic mass is 10.1. The molecule has 1 rings (SSSR count). The minimum Gasteiger partial charge on any atom is -0.340 e. The lowest BCUT2D eigenvalue weighted by Crippen LogP contribution is -2.44. The van der Waals surface area contributed by atoms with Crippen LogP contribution in [-0.4, -0.2) is 18.1 Å². The van der Waals surface area contributed by atoms with E-state index in [9.17, 15) is 18.0 Å². The summed E-state index contributed by atoms with van der Waals surface area (Å²) in [6, 6.07) is 4.32. The van der Waals surface area contributed by atoms with E-state index in [-0.39, 0.29) is 12.0 Å². The fourth-order valence-electron chi connectivity index (χ4n) is 1.26. The van der Waals surface area contributed by atoms with E-state index in [0.29, 0.717) is 0 Å². The molecule has 0 aliphatic heterocycles. The lowest BCUT2D eigenvalue weighted by molar-refractivity contribution is -0.153. The third kappa shape index (κ3) is 4.03. The summed E-state index contributed by atoms with van der Waals surface area (Å²) in [5.41, 5.74) is 0.205. The molecule has 0 aliphatic rings. The fraction of sp³-hybridized carbons (Fsp3) is 0.364. The second-order valence-corrected chi connectivity index (χ2v) is 4.40. The Balaban J connectivity index is 2.75. The number of benzene rings is 1. The van der Waals surface area contributed by atoms with E-state index in [2.05, 4.69) is 15.9 Å². The third-order valence-corrected chi connectivity index (χ3v) is 2.74. The van der Waals surface area contributed by atoms with Crippen molar-refractivity contribution < 1.29 is 18.0 Å². The maximum absolute atomic E-state index is 12.4. The van der Waals surface area contributed by atoms with Crippen LogP contribution in [0.15, 0.2) is 28.7 Å². The molecule has 1 atom stereocenters. The molecule has 1 aromatic rings. The fourth-order valence-corrected chi connectivity index (χ4v) is 1.52. The zero-order chi connectivity index (χ0) is 13.1. The molecule has 2 nitrogen and oxygen atoms in total. The number of hydrogen-bond acceptors (Lipinski definition) is 1. The molecule has 1 unspecified atom stereocenters. The van der Waals surface area contributed by atoms with Gasteiger partial charge in [-0.3, -0.25) is 4.79 Å². The number of alkyl halides is 3. The molecule has 0 bridgehead atoms. The van der Waals surface area contributed by atoms with E-state index < -0.39 is 18.1 Å². The van der Waals surface area contributed by atoms with Gasteiger partial charge < -0.3 is 5.32 Å². The van der Waals surface area contributed by atoms with Crippen LogP contribution >= 0.6 is 15.9 Å². The summed E-state index contributed by atoms with van der Waals surface area (Å²) in [5, 5.41) is 1.96. The van der Waals surface area contributed by atoms with E-state index in [1.54, 1.807) is 12.1 Å². The third-order valence-electron chi connectivity index (χ3n) is 2.22. The Kier molecular flexibility index (Phi) is 4.56. The van der Waals surface area contributed by atoms with E-state index in [4.69, 9.17) is 0 Å². The summed E-state index contributed by atoms with van der Waals surface area (Å²) in [5.74, 6) is -0.721. The summed E-state index contributed by atoms with van der Waals surface area (Å²) in [6.07, 6.45) is -4.61. The van der Waals surface area contributed by atoms with Crippen LogP contribution in [0, 0.1) is 0 Å². The van der Waals surface area contributed by atoms with Crippen LogP contribution in [0.5, 0.6) is 0 Å². The van der Waals surface area contributed by atoms with Crippen molar-refractivity contribution in [3.63, 3.8) is 0 Å². The van der Waals surface area contributed by atoms with E-state index in [0.717, 1.165) is 4.47 Å². The zero-order valence-electron chi connectivity index (χ0n) is 9.01. The number of hydrogen-bond donors (Lipinski definition) is 1. The Labute approximate surface area is 105 Å². The van der Waals surface area contributed by atoms with Gasteiger partial charge in [-0.25, -0.2) is 0 Å². The number of nitrogens with one attached hydrogen (secondary N) is 1. The zero-order valence-corrected chi connectivity index (χ0v) is 10.6. The van der Waals surface area contributed by atoms with Crippen molar-refractivity contribution in [2.45, 2.75) is 25.6 Å². The Morgan fingerprint density at radius 1 is 1.35 bits per heavy atom. The van der Waals surface area contributed by atoms with Gasteiger partial charge >= 0.3 is 6.18 Å². The smallest absolute Gasteiger partial charge is 0.340 e. The van der Waals surface area contributed by atoms with Crippen molar-refractivity contribution in [1.82, 2.24) is 5.32 Å². The summed E-state index contributed by atoms with van der Waals surface area (Å²) in [4.78, 5) is 11.5. The molecule has 0 radical (unpaired) electrons. The van der Waals surface area contributed by atoms with Gasteiger partial charge in [-0.1, -0.05) is 22.9 Å². The monoisotopic (exact) mass is 309 g/mol. The highest BCUT2D eigenvalue weighted by Crippen LogP contribution is 2.22. The van der Waals surface area contributed by atoms with Crippen LogP contribution in [-0.2, 0) is 0 Å². The molecule has 17 heavy (non-hydrogen) atoms. The summed E-state index contributed by atoms with van der Waals surface area (Å²) in [7, 11) is 0. The first-order chi connectivity index (χ1) is 7.84. The van der Waals surface area contributed by atoms with Gasteiger partial charge in [-0.15, -0.1) is 0 Å². The molecule has 0 saturated carbocycles. The SMILES string of the molecule is CCC(NC(=O)c1ccc(Br)cc1)C(F)(F)F. The molecule has 1 amide bonds. The van der Waals surface area contributed by atoms with Crippen LogP contribution in [0.1, 0.15) is 23.7 Å². The van der Waals surface area contributed by atoms with Crippen molar-refractivity contribution >= 4 is 21.8 Å². The molecule has 0 spiro atoms. The van der Waals surface area contributed by atoms with E-state index >= 15 is 0 Å². The second kappa shape index (κ2) is 5.53. The van der Waals surface area contributed by atoms with Crippen molar-refractivity contribution in [3.05, 3.63) is 34.3 Å². The van der Waals surface area contributed by atoms with Crippen molar-refractivity contribution in [3.8, 4) is 0 Å². The van der Waals surface area contributed by atoms with Crippen molar-refractivity contribution in [2.24, 2.45) is 0 Å². The predicted octanol–water partition coefficient (Wildman–Crippen LogP) is 3.52. The van der Waals surface area contributed by atoms with Gasteiger partial charge in [0, 0.05) is 10.0 Å². The normalized spacial score (nSPS) is 13.2. The van der Waals surface area contributed by atoms with Gasteiger partial charge in [-0.05, 0) is 30.7 Å². The van der Waals surface area contributed by atoms with Crippen molar-refractivity contribution in [2.75, 3.05) is 0 Å². The Bertz CT molecular complexity index is 389. The van der Waals surface area contributed by atoms with Gasteiger partial charge in [0.2, 0.25) is 0 Å². The highest BCUT2D eigenvalue weighted by atomic mass is 79.9. The minimum absolute atomic E-state index is 0.189. The molecule has 6 heteroatoms. The number of rotatable bonds is 3. The number of halogens is 4. The van der Waals surface area contributed by atoms with E-state index in [1.807, 2.05) is 5.32 Å². The second-order valence-electron chi connectivity index (χ2n) is 3.48. The lowest BCUT2D eigenvalue weighted by Gasteiger charge is -2.19. The number of amides is 1. The van der Waals surface area contributed by atoms with Crippen LogP contribution < -0.4 is 5.32 Å². The first-order valence-corrected chi connectivity index (χ1v) is 5.77. The van der Waals surface area contributed by atoms with Gasteiger partial charge in [-0.2, -0.15) is 13.2 Å². The Morgan fingerprint density at radius 2 is 1.88 bits per heavy atom. The molecule has 1 N–H and O–H groups in total. The quantitative estimate of drug-likeness (QED) is 0.909. The highest BCUT2D eigenvalue weighted by molar-refractivity contribution is 9.10. The molecule has 0 fully saturated rings. The van der Waals surface area contributed by atoms with Gasteiger partial charge in [0.05, 0.1) is 0 Å². The summed E-state index contributed by atoms with van der Waals surface area (Å²) in [6.45, 7) is 1.38. The average Bonchev–Trinajstić information content (AvgIpc) is 2.24. The molecule has 1 aromatic carbocycles. The molecular weight excluding hydrogens is 299 g/mol. The number of carbonyl (C=O) groups is 1. The first kappa shape index (κ1) is 14.0. The highest BCUT2D eigenvalue weighted by Gasteiger charge is 2.39. The standard InChI is InChI=1S/C11H11BrF3NO/c1-2-9(11(13,14)15)16-10(17)7-3-5-8(12)6-4-7/h3-6,9H,2H2,1H3,(H,16,17). The molecule has 0 aliphatic carbocycles. The molecule has 0 aromatic heterocycles. The van der Waals surface area contributed by atoms with E-state index in [1.165, 1.54) is 19.1 Å². The Hall–Kier alpha value is -1.04. The van der Waals surface area contributed by atoms with Gasteiger partial charge in [0.1, 0.15) is 6.04 Å². The topological polar surface area (TPSA) is 29.1 Å². The minimum atomic E-state index is -4.42. The van der Waals surface area contributed by atoms with Crippen LogP contribution in [0.25, 0.3) is 0 Å². The Morgan fingerprint density at radius 3 is 2.29 bits per heavy atom. The summed E-state index contributed by atoms with van der Waals surface area (Å²) < 4.78 is 38.1. The van der Waals surface area contributed by atoms with Crippen LogP contribution in [0.2, 0.25) is 0 Å². The maximum atomic E-state index is 12.4. The molecular formula is C11H11BrF3NO. The molecule has 0 saturated heterocycles. The summed E-state index contributed by atoms with van der Waals surface area (Å²) >= 11 is 3.18. The van der Waals surface area contributed by atoms with Gasteiger partial charge in [0.15, 0.2) is 0 Å². The maximum Gasteiger partial charge on any atom is 0.408 e. The van der Waals surface area contributed by atoms with Crippen LogP contribution in [0.4, 0.5) is 13.2 Å². The predicted molar refractivity (Wildman–Crippen MR) is 61.7 cm³/mol. The largest absolute Gasteiger partial charge is 0.408 e. The first-order valence-electron chi connectivity index (χ1n) is 4.97. The van der Waals surface area contributed by atoms with Crippen molar-refractivity contribution in [1.29, 1.82) is 0 Å². The molecule has 0 heterocycles. The number of carbonyl (C=O) groups excluding carboxylic acids is 1. The van der Waals surface area contributed by atoms with Gasteiger partial charge in [0.25, 0.3) is 5.91 Å². The average molecular weight is 310 g/mol.